The number of nitrogens with zero attached hydrogens (tertiary/aromatic N) is 3. The molecule has 25 heavy (non-hydrogen) atoms. The Kier molecular flexibility index (Phi) is 5.38. The Labute approximate surface area is 148 Å². The minimum Gasteiger partial charge on any atom is -0.504 e. The second kappa shape index (κ2) is 7.70. The van der Waals surface area contributed by atoms with Gasteiger partial charge in [0, 0.05) is 31.3 Å². The topological polar surface area (TPSA) is 70.5 Å². The SMILES string of the molecule is COc1ccc(CN(C)c2cc(C3CCNCC3)nc(C)n2)cc1O. The fourth-order valence-corrected chi connectivity index (χ4v) is 3.29. The summed E-state index contributed by atoms with van der Waals surface area (Å²) >= 11 is 0. The summed E-state index contributed by atoms with van der Waals surface area (Å²) in [6.45, 7) is 4.69. The first-order chi connectivity index (χ1) is 12.1. The first-order valence-electron chi connectivity index (χ1n) is 8.70. The lowest BCUT2D eigenvalue weighted by Crippen LogP contribution is -2.27. The molecule has 0 bridgehead atoms. The number of phenolic OH excluding ortho intramolecular Hbond substituents is 1. The number of hydrogen-bond acceptors (Lipinski definition) is 6. The van der Waals surface area contributed by atoms with Crippen LogP contribution in [0, 0.1) is 6.92 Å². The van der Waals surface area contributed by atoms with E-state index >= 15 is 0 Å². The fourth-order valence-electron chi connectivity index (χ4n) is 3.29. The first kappa shape index (κ1) is 17.5. The van der Waals surface area contributed by atoms with E-state index in [9.17, 15) is 5.11 Å². The van der Waals surface area contributed by atoms with Gasteiger partial charge in [-0.1, -0.05) is 6.07 Å². The molecule has 6 heteroatoms. The molecular formula is C19H26N4O2. The predicted octanol–water partition coefficient (Wildman–Crippen LogP) is 2.60. The largest absolute Gasteiger partial charge is 0.504 e. The summed E-state index contributed by atoms with van der Waals surface area (Å²) in [5, 5.41) is 13.4. The number of hydrogen-bond donors (Lipinski definition) is 2. The predicted molar refractivity (Wildman–Crippen MR) is 98.4 cm³/mol. The van der Waals surface area contributed by atoms with Crippen molar-refractivity contribution in [3.63, 3.8) is 0 Å². The minimum atomic E-state index is 0.155. The molecule has 1 aliphatic heterocycles. The number of rotatable bonds is 5. The van der Waals surface area contributed by atoms with Crippen molar-refractivity contribution < 1.29 is 9.84 Å². The van der Waals surface area contributed by atoms with Crippen molar-refractivity contribution >= 4 is 5.82 Å². The van der Waals surface area contributed by atoms with Crippen LogP contribution in [0.1, 0.15) is 35.8 Å². The molecule has 3 rings (SSSR count). The lowest BCUT2D eigenvalue weighted by molar-refractivity contribution is 0.373. The van der Waals surface area contributed by atoms with Gasteiger partial charge in [0.2, 0.25) is 0 Å². The standard InChI is InChI=1S/C19H26N4O2/c1-13-21-16(15-6-8-20-9-7-15)11-19(22-13)23(2)12-14-4-5-18(25-3)17(24)10-14/h4-5,10-11,15,20,24H,6-9,12H2,1-3H3. The third-order valence-electron chi connectivity index (χ3n) is 4.66. The van der Waals surface area contributed by atoms with Crippen molar-refractivity contribution in [1.82, 2.24) is 15.3 Å². The number of benzene rings is 1. The van der Waals surface area contributed by atoms with Crippen LogP contribution in [0.4, 0.5) is 5.82 Å². The van der Waals surface area contributed by atoms with Gasteiger partial charge in [-0.2, -0.15) is 0 Å². The highest BCUT2D eigenvalue weighted by Crippen LogP contribution is 2.29. The maximum absolute atomic E-state index is 9.96. The third kappa shape index (κ3) is 4.20. The number of piperidine rings is 1. The van der Waals surface area contributed by atoms with Crippen molar-refractivity contribution in [3.05, 3.63) is 41.3 Å². The molecule has 1 aliphatic rings. The maximum Gasteiger partial charge on any atom is 0.160 e. The van der Waals surface area contributed by atoms with Crippen LogP contribution >= 0.6 is 0 Å². The van der Waals surface area contributed by atoms with E-state index < -0.39 is 0 Å². The van der Waals surface area contributed by atoms with E-state index in [1.54, 1.807) is 19.2 Å². The first-order valence-corrected chi connectivity index (χ1v) is 8.70. The number of methoxy groups -OCH3 is 1. The lowest BCUT2D eigenvalue weighted by Gasteiger charge is -2.24. The van der Waals surface area contributed by atoms with Gasteiger partial charge < -0.3 is 20.1 Å². The highest BCUT2D eigenvalue weighted by Gasteiger charge is 2.18. The molecule has 0 saturated carbocycles. The highest BCUT2D eigenvalue weighted by atomic mass is 16.5. The Morgan fingerprint density at radius 3 is 2.68 bits per heavy atom. The molecule has 1 aromatic carbocycles. The van der Waals surface area contributed by atoms with Crippen LogP contribution in [-0.2, 0) is 6.54 Å². The molecule has 2 aromatic rings. The zero-order chi connectivity index (χ0) is 17.8. The highest BCUT2D eigenvalue weighted by molar-refractivity contribution is 5.45. The van der Waals surface area contributed by atoms with E-state index in [4.69, 9.17) is 4.74 Å². The van der Waals surface area contributed by atoms with Crippen molar-refractivity contribution in [2.45, 2.75) is 32.2 Å². The van der Waals surface area contributed by atoms with E-state index in [1.165, 1.54) is 0 Å². The molecule has 2 N–H and O–H groups in total. The van der Waals surface area contributed by atoms with E-state index in [2.05, 4.69) is 26.3 Å². The summed E-state index contributed by atoms with van der Waals surface area (Å²) in [6.07, 6.45) is 2.23. The van der Waals surface area contributed by atoms with Gasteiger partial charge in [-0.25, -0.2) is 9.97 Å². The van der Waals surface area contributed by atoms with Gasteiger partial charge in [0.05, 0.1) is 7.11 Å². The molecule has 134 valence electrons. The third-order valence-corrected chi connectivity index (χ3v) is 4.66. The molecule has 0 amide bonds. The number of anilines is 1. The smallest absolute Gasteiger partial charge is 0.160 e. The number of nitrogens with one attached hydrogen (secondary N) is 1. The summed E-state index contributed by atoms with van der Waals surface area (Å²) in [7, 11) is 3.56. The van der Waals surface area contributed by atoms with Crippen molar-refractivity contribution in [3.8, 4) is 11.5 Å². The zero-order valence-corrected chi connectivity index (χ0v) is 15.1. The Bertz CT molecular complexity index is 729. The number of phenols is 1. The molecule has 2 heterocycles. The normalized spacial score (nSPS) is 15.2. The van der Waals surface area contributed by atoms with Crippen molar-refractivity contribution in [1.29, 1.82) is 0 Å². The van der Waals surface area contributed by atoms with E-state index in [0.29, 0.717) is 18.2 Å². The summed E-state index contributed by atoms with van der Waals surface area (Å²) in [4.78, 5) is 11.3. The summed E-state index contributed by atoms with van der Waals surface area (Å²) < 4.78 is 5.10. The van der Waals surface area contributed by atoms with Crippen LogP contribution in [0.2, 0.25) is 0 Å². The van der Waals surface area contributed by atoms with Gasteiger partial charge in [0.25, 0.3) is 0 Å². The molecule has 0 atom stereocenters. The summed E-state index contributed by atoms with van der Waals surface area (Å²) in [5.41, 5.74) is 2.13. The molecule has 6 nitrogen and oxygen atoms in total. The molecule has 1 aromatic heterocycles. The van der Waals surface area contributed by atoms with Crippen LogP contribution in [-0.4, -0.2) is 42.3 Å². The number of aryl methyl sites for hydroxylation is 1. The maximum atomic E-state index is 9.96. The van der Waals surface area contributed by atoms with Crippen LogP contribution < -0.4 is 15.0 Å². The summed E-state index contributed by atoms with van der Waals surface area (Å²) in [6, 6.07) is 7.57. The van der Waals surface area contributed by atoms with Crippen molar-refractivity contribution in [2.75, 3.05) is 32.1 Å². The van der Waals surface area contributed by atoms with E-state index in [-0.39, 0.29) is 5.75 Å². The molecule has 0 aliphatic carbocycles. The molecule has 0 spiro atoms. The monoisotopic (exact) mass is 342 g/mol. The van der Waals surface area contributed by atoms with Crippen molar-refractivity contribution in [2.24, 2.45) is 0 Å². The zero-order valence-electron chi connectivity index (χ0n) is 15.1. The number of aromatic nitrogens is 2. The second-order valence-corrected chi connectivity index (χ2v) is 6.58. The van der Waals surface area contributed by atoms with Crippen LogP contribution in [0.25, 0.3) is 0 Å². The summed E-state index contributed by atoms with van der Waals surface area (Å²) in [5.74, 6) is 2.85. The average molecular weight is 342 g/mol. The Balaban J connectivity index is 1.78. The van der Waals surface area contributed by atoms with Crippen LogP contribution in [0.5, 0.6) is 11.5 Å². The Hall–Kier alpha value is -2.34. The van der Waals surface area contributed by atoms with Gasteiger partial charge in [-0.05, 0) is 50.6 Å². The molecular weight excluding hydrogens is 316 g/mol. The molecule has 1 saturated heterocycles. The Morgan fingerprint density at radius 2 is 2.00 bits per heavy atom. The van der Waals surface area contributed by atoms with Gasteiger partial charge in [0.15, 0.2) is 11.5 Å². The van der Waals surface area contributed by atoms with Gasteiger partial charge in [-0.3, -0.25) is 0 Å². The number of ether oxygens (including phenoxy) is 1. The average Bonchev–Trinajstić information content (AvgIpc) is 2.62. The number of aromatic hydroxyl groups is 1. The molecule has 0 radical (unpaired) electrons. The molecule has 1 fully saturated rings. The van der Waals surface area contributed by atoms with Crippen LogP contribution in [0.3, 0.4) is 0 Å². The van der Waals surface area contributed by atoms with E-state index in [0.717, 1.165) is 48.8 Å². The Morgan fingerprint density at radius 1 is 1.24 bits per heavy atom. The lowest BCUT2D eigenvalue weighted by atomic mass is 9.94. The second-order valence-electron chi connectivity index (χ2n) is 6.58. The quantitative estimate of drug-likeness (QED) is 0.870. The fraction of sp³-hybridized carbons (Fsp3) is 0.474. The van der Waals surface area contributed by atoms with Gasteiger partial charge >= 0.3 is 0 Å². The van der Waals surface area contributed by atoms with Crippen LogP contribution in [0.15, 0.2) is 24.3 Å². The minimum absolute atomic E-state index is 0.155. The molecule has 0 unspecified atom stereocenters. The van der Waals surface area contributed by atoms with Gasteiger partial charge in [-0.15, -0.1) is 0 Å². The van der Waals surface area contributed by atoms with E-state index in [1.807, 2.05) is 20.0 Å². The van der Waals surface area contributed by atoms with Gasteiger partial charge in [0.1, 0.15) is 11.6 Å².